The predicted octanol–water partition coefficient (Wildman–Crippen LogP) is 6.56. The molecule has 302 valence electrons. The number of piperidine rings is 2. The van der Waals surface area contributed by atoms with Crippen molar-refractivity contribution in [3.8, 4) is 0 Å². The average Bonchev–Trinajstić information content (AvgIpc) is 3.93. The number of esters is 1. The van der Waals surface area contributed by atoms with Gasteiger partial charge < -0.3 is 38.8 Å². The molecule has 0 saturated carbocycles. The molecule has 2 saturated heterocycles. The number of methoxy groups -OCH3 is 1. The van der Waals surface area contributed by atoms with E-state index in [0.29, 0.717) is 42.2 Å². The van der Waals surface area contributed by atoms with Gasteiger partial charge in [-0.2, -0.15) is 4.98 Å². The molecule has 14 heteroatoms. The van der Waals surface area contributed by atoms with Gasteiger partial charge in [0.2, 0.25) is 0 Å². The molecular weight excluding hydrogens is 725 g/mol. The second-order valence-corrected chi connectivity index (χ2v) is 16.3. The third kappa shape index (κ3) is 6.89. The SMILES string of the molecule is C/C(N)=N/O.COC(=O)COC1C[C@@H]2CCCN3CCc4c(n1c1ccccc41)[C@@H]23.Cc1noc(COC2C[C@@H]3CCCN4CCc5c(n2c2ccccc52)[C@@H]34)n1. The molecule has 6 aliphatic rings. The van der Waals surface area contributed by atoms with Crippen LogP contribution in [0.25, 0.3) is 21.8 Å². The molecular formula is C43H54N8O6. The van der Waals surface area contributed by atoms with Crippen LogP contribution in [0.15, 0.2) is 58.2 Å². The van der Waals surface area contributed by atoms with E-state index in [9.17, 15) is 4.79 Å². The molecule has 2 unspecified atom stereocenters. The highest BCUT2D eigenvalue weighted by molar-refractivity contribution is 5.87. The molecule has 5 aromatic rings. The molecule has 0 radical (unpaired) electrons. The van der Waals surface area contributed by atoms with Crippen LogP contribution in [0.5, 0.6) is 0 Å². The number of nitrogens with zero attached hydrogens (tertiary/aromatic N) is 7. The largest absolute Gasteiger partial charge is 0.467 e. The van der Waals surface area contributed by atoms with Crippen LogP contribution in [0, 0.1) is 18.8 Å². The van der Waals surface area contributed by atoms with E-state index in [-0.39, 0.29) is 30.9 Å². The minimum Gasteiger partial charge on any atom is -0.467 e. The fourth-order valence-electron chi connectivity index (χ4n) is 10.9. The van der Waals surface area contributed by atoms with Crippen LogP contribution in [0.4, 0.5) is 0 Å². The quantitative estimate of drug-likeness (QED) is 0.0633. The number of oxime groups is 1. The Kier molecular flexibility index (Phi) is 10.5. The standard InChI is InChI=1S/C21H24N4O2.C20H24N2O3.C2H6N2O/c1-13-22-18(27-23-13)12-26-19-11-14-5-4-9-24-10-8-16-15-6-2-3-7-17(15)25(19)21(16)20(14)24;1-24-18(23)12-25-17-11-13-5-4-9-21-10-8-15-14-6-2-3-7-16(14)22(17)20(15)19(13)21;1-2(3)4-5/h2-3,6-7,14,19-20H,4-5,8-12H2,1H3;2-3,6-7,13,17,19H,4-5,8-12H2,1H3;5H,1H3,(H2,3,4)/t14-,19?,20+;13-,17?,19+;/m00./s1. The molecule has 9 heterocycles. The third-order valence-electron chi connectivity index (χ3n) is 13.0. The smallest absolute Gasteiger partial charge is 0.331 e. The molecule has 0 amide bonds. The average molecular weight is 779 g/mol. The summed E-state index contributed by atoms with van der Waals surface area (Å²) in [7, 11) is 1.41. The number of aryl methyl sites for hydroxylation is 1. The van der Waals surface area contributed by atoms with Crippen molar-refractivity contribution in [2.24, 2.45) is 22.7 Å². The molecule has 3 N–H and O–H groups in total. The van der Waals surface area contributed by atoms with E-state index in [2.05, 4.69) is 82.8 Å². The molecule has 0 spiro atoms. The molecule has 14 nitrogen and oxygen atoms in total. The summed E-state index contributed by atoms with van der Waals surface area (Å²) in [6.07, 6.45) is 9.34. The second-order valence-electron chi connectivity index (χ2n) is 16.3. The van der Waals surface area contributed by atoms with E-state index in [1.165, 1.54) is 98.1 Å². The van der Waals surface area contributed by atoms with Crippen LogP contribution < -0.4 is 5.73 Å². The number of benzene rings is 2. The van der Waals surface area contributed by atoms with Gasteiger partial charge >= 0.3 is 5.97 Å². The van der Waals surface area contributed by atoms with Crippen LogP contribution in [0.2, 0.25) is 0 Å². The van der Waals surface area contributed by atoms with Gasteiger partial charge in [-0.1, -0.05) is 46.7 Å². The van der Waals surface area contributed by atoms with Gasteiger partial charge in [0, 0.05) is 35.2 Å². The number of aromatic nitrogens is 4. The second kappa shape index (κ2) is 15.9. The molecule has 2 fully saturated rings. The summed E-state index contributed by atoms with van der Waals surface area (Å²) in [4.78, 5) is 21.3. The summed E-state index contributed by atoms with van der Waals surface area (Å²) in [5.74, 6) is 2.38. The molecule has 57 heavy (non-hydrogen) atoms. The van der Waals surface area contributed by atoms with Gasteiger partial charge in [-0.15, -0.1) is 0 Å². The van der Waals surface area contributed by atoms with Crippen LogP contribution in [-0.2, 0) is 38.5 Å². The van der Waals surface area contributed by atoms with Crippen LogP contribution in [0.3, 0.4) is 0 Å². The zero-order valence-corrected chi connectivity index (χ0v) is 33.2. The van der Waals surface area contributed by atoms with Gasteiger partial charge in [-0.05, 0) is 113 Å². The van der Waals surface area contributed by atoms with Gasteiger partial charge in [0.25, 0.3) is 5.89 Å². The van der Waals surface area contributed by atoms with E-state index in [1.807, 2.05) is 6.92 Å². The molecule has 0 bridgehead atoms. The van der Waals surface area contributed by atoms with Crippen molar-refractivity contribution in [1.29, 1.82) is 0 Å². The van der Waals surface area contributed by atoms with E-state index < -0.39 is 0 Å². The van der Waals surface area contributed by atoms with E-state index in [0.717, 1.165) is 32.2 Å². The molecule has 3 aromatic heterocycles. The predicted molar refractivity (Wildman–Crippen MR) is 214 cm³/mol. The van der Waals surface area contributed by atoms with Crippen molar-refractivity contribution in [2.45, 2.75) is 96.4 Å². The Morgan fingerprint density at radius 3 is 1.88 bits per heavy atom. The topological polar surface area (TPSA) is 159 Å². The number of hydrogen-bond acceptors (Lipinski definition) is 11. The van der Waals surface area contributed by atoms with Crippen molar-refractivity contribution in [3.63, 3.8) is 0 Å². The highest BCUT2D eigenvalue weighted by Crippen LogP contribution is 2.53. The van der Waals surface area contributed by atoms with Crippen LogP contribution in [-0.4, -0.2) is 86.0 Å². The molecule has 6 aliphatic heterocycles. The number of ether oxygens (including phenoxy) is 3. The lowest BCUT2D eigenvalue weighted by atomic mass is 9.78. The van der Waals surface area contributed by atoms with Gasteiger partial charge in [-0.3, -0.25) is 9.80 Å². The van der Waals surface area contributed by atoms with Crippen molar-refractivity contribution in [1.82, 2.24) is 29.1 Å². The number of fused-ring (bicyclic) bond motifs is 6. The van der Waals surface area contributed by atoms with Crippen LogP contribution in [0.1, 0.15) is 104 Å². The Balaban J connectivity index is 0.000000133. The monoisotopic (exact) mass is 778 g/mol. The summed E-state index contributed by atoms with van der Waals surface area (Å²) in [6, 6.07) is 18.5. The first kappa shape index (κ1) is 37.8. The van der Waals surface area contributed by atoms with Crippen LogP contribution >= 0.6 is 0 Å². The molecule has 2 aromatic carbocycles. The number of nitrogens with two attached hydrogens (primary N) is 1. The minimum atomic E-state index is -0.308. The fraction of sp³-hybridized carbons (Fsp3) is 0.535. The summed E-state index contributed by atoms with van der Waals surface area (Å²) < 4.78 is 27.4. The first-order valence-electron chi connectivity index (χ1n) is 20.6. The molecule has 6 atom stereocenters. The number of carbonyl (C=O) groups is 1. The van der Waals surface area contributed by atoms with Gasteiger partial charge in [0.1, 0.15) is 31.5 Å². The van der Waals surface area contributed by atoms with Crippen molar-refractivity contribution in [3.05, 3.63) is 82.8 Å². The van der Waals surface area contributed by atoms with Crippen molar-refractivity contribution in [2.75, 3.05) is 39.9 Å². The highest BCUT2D eigenvalue weighted by atomic mass is 16.6. The zero-order valence-electron chi connectivity index (χ0n) is 33.2. The number of rotatable bonds is 6. The fourth-order valence-corrected chi connectivity index (χ4v) is 10.9. The number of hydrogen-bond donors (Lipinski definition) is 2. The maximum atomic E-state index is 11.6. The van der Waals surface area contributed by atoms with Crippen molar-refractivity contribution >= 4 is 33.6 Å². The summed E-state index contributed by atoms with van der Waals surface area (Å²) in [6.45, 7) is 8.51. The van der Waals surface area contributed by atoms with E-state index in [1.54, 1.807) is 5.56 Å². The number of para-hydroxylation sites is 2. The summed E-state index contributed by atoms with van der Waals surface area (Å²) >= 11 is 0. The molecule has 11 rings (SSSR count). The Morgan fingerprint density at radius 1 is 0.860 bits per heavy atom. The minimum absolute atomic E-state index is 0.0174. The maximum absolute atomic E-state index is 11.6. The lowest BCUT2D eigenvalue weighted by Crippen LogP contribution is -2.47. The van der Waals surface area contributed by atoms with Gasteiger partial charge in [0.05, 0.1) is 30.2 Å². The maximum Gasteiger partial charge on any atom is 0.331 e. The zero-order chi connectivity index (χ0) is 39.2. The van der Waals surface area contributed by atoms with Crippen molar-refractivity contribution < 1.29 is 28.7 Å². The highest BCUT2D eigenvalue weighted by Gasteiger charge is 2.47. The number of amidine groups is 1. The van der Waals surface area contributed by atoms with E-state index in [4.69, 9.17) is 29.7 Å². The third-order valence-corrected chi connectivity index (χ3v) is 13.0. The first-order valence-corrected chi connectivity index (χ1v) is 20.6. The molecule has 0 aliphatic carbocycles. The normalized spacial score (nSPS) is 26.1. The number of carbonyl (C=O) groups excluding carboxylic acids is 1. The lowest BCUT2D eigenvalue weighted by Gasteiger charge is -2.49. The summed E-state index contributed by atoms with van der Waals surface area (Å²) in [5, 5.41) is 16.8. The van der Waals surface area contributed by atoms with E-state index >= 15 is 0 Å². The summed E-state index contributed by atoms with van der Waals surface area (Å²) in [5.41, 5.74) is 13.3. The Morgan fingerprint density at radius 2 is 1.39 bits per heavy atom. The Bertz CT molecular complexity index is 2270. The van der Waals surface area contributed by atoms with Gasteiger partial charge in [-0.25, -0.2) is 4.79 Å². The van der Waals surface area contributed by atoms with Gasteiger partial charge in [0.15, 0.2) is 5.82 Å². The first-order chi connectivity index (χ1) is 27.8. The Labute approximate surface area is 332 Å². The Hall–Kier alpha value is -4.76. The lowest BCUT2D eigenvalue weighted by molar-refractivity contribution is -0.152.